The van der Waals surface area contributed by atoms with Crippen LogP contribution in [-0.4, -0.2) is 36.7 Å². The highest BCUT2D eigenvalue weighted by molar-refractivity contribution is 6.32. The fourth-order valence-corrected chi connectivity index (χ4v) is 5.23. The number of benzene rings is 1. The third-order valence-electron chi connectivity index (χ3n) is 6.21. The first-order chi connectivity index (χ1) is 15.0. The van der Waals surface area contributed by atoms with E-state index in [0.29, 0.717) is 36.0 Å². The molecule has 0 spiro atoms. The predicted octanol–water partition coefficient (Wildman–Crippen LogP) is 4.79. The van der Waals surface area contributed by atoms with Crippen LogP contribution in [0.1, 0.15) is 56.9 Å². The number of ether oxygens (including phenoxy) is 2. The second kappa shape index (κ2) is 8.80. The van der Waals surface area contributed by atoms with Crippen molar-refractivity contribution in [2.75, 3.05) is 20.3 Å². The molecule has 0 unspecified atom stereocenters. The summed E-state index contributed by atoms with van der Waals surface area (Å²) in [6.07, 6.45) is 9.64. The lowest BCUT2D eigenvalue weighted by Crippen LogP contribution is -2.37. The van der Waals surface area contributed by atoms with E-state index in [1.165, 1.54) is 0 Å². The van der Waals surface area contributed by atoms with Crippen LogP contribution in [0, 0.1) is 12.3 Å². The first-order valence-electron chi connectivity index (χ1n) is 10.8. The highest BCUT2D eigenvalue weighted by atomic mass is 35.5. The van der Waals surface area contributed by atoms with Crippen LogP contribution >= 0.6 is 11.6 Å². The Labute approximate surface area is 188 Å². The van der Waals surface area contributed by atoms with Crippen LogP contribution in [-0.2, 0) is 9.59 Å². The number of hydrogen-bond acceptors (Lipinski definition) is 5. The Kier molecular flexibility index (Phi) is 6.11. The van der Waals surface area contributed by atoms with Gasteiger partial charge in [0.1, 0.15) is 6.61 Å². The molecule has 1 aromatic rings. The molecule has 5 nitrogen and oxygen atoms in total. The van der Waals surface area contributed by atoms with E-state index in [1.54, 1.807) is 6.07 Å². The molecule has 1 aromatic carbocycles. The maximum absolute atomic E-state index is 13.1. The van der Waals surface area contributed by atoms with Crippen molar-refractivity contribution in [3.8, 4) is 23.8 Å². The van der Waals surface area contributed by atoms with Gasteiger partial charge in [-0.25, -0.2) is 0 Å². The van der Waals surface area contributed by atoms with Gasteiger partial charge in [0, 0.05) is 48.3 Å². The summed E-state index contributed by atoms with van der Waals surface area (Å²) < 4.78 is 11.4. The average molecular weight is 440 g/mol. The molecule has 0 atom stereocenters. The second-order valence-corrected chi connectivity index (χ2v) is 8.43. The van der Waals surface area contributed by atoms with Crippen molar-refractivity contribution in [3.63, 3.8) is 0 Å². The van der Waals surface area contributed by atoms with E-state index >= 15 is 0 Å². The summed E-state index contributed by atoms with van der Waals surface area (Å²) >= 11 is 6.59. The van der Waals surface area contributed by atoms with Gasteiger partial charge in [-0.1, -0.05) is 17.5 Å². The zero-order valence-electron chi connectivity index (χ0n) is 17.9. The Hall–Kier alpha value is -2.71. The molecule has 31 heavy (non-hydrogen) atoms. The third-order valence-corrected chi connectivity index (χ3v) is 6.49. The van der Waals surface area contributed by atoms with Gasteiger partial charge in [0.05, 0.1) is 11.6 Å². The van der Waals surface area contributed by atoms with Crippen LogP contribution in [0.2, 0.25) is 5.02 Å². The van der Waals surface area contributed by atoms with Crippen molar-refractivity contribution in [1.82, 2.24) is 4.90 Å². The molecule has 1 heterocycles. The molecule has 0 aromatic heterocycles. The minimum atomic E-state index is -0.430. The number of terminal acetylenes is 1. The van der Waals surface area contributed by atoms with Crippen molar-refractivity contribution in [1.29, 1.82) is 0 Å². The smallest absolute Gasteiger partial charge is 0.181 e. The third kappa shape index (κ3) is 3.74. The van der Waals surface area contributed by atoms with E-state index < -0.39 is 5.92 Å². The average Bonchev–Trinajstić information content (AvgIpc) is 2.75. The Bertz CT molecular complexity index is 1000. The van der Waals surface area contributed by atoms with E-state index in [4.69, 9.17) is 27.5 Å². The molecule has 0 bridgehead atoms. The van der Waals surface area contributed by atoms with Crippen LogP contribution in [0.4, 0.5) is 0 Å². The van der Waals surface area contributed by atoms with Crippen LogP contribution in [0.15, 0.2) is 34.7 Å². The molecule has 6 heteroatoms. The standard InChI is InChI=1S/C25H26ClNO4/c1-4-12-31-25-16(26)13-15(14-21(25)30-5-2)22-23-17(8-6-10-19(23)28)27(3)18-9-7-11-20(29)24(18)22/h1,13-14,22H,5-12H2,2-3H3. The Balaban J connectivity index is 1.92. The zero-order chi connectivity index (χ0) is 22.1. The van der Waals surface area contributed by atoms with Gasteiger partial charge in [-0.3, -0.25) is 9.59 Å². The number of rotatable bonds is 5. The van der Waals surface area contributed by atoms with Gasteiger partial charge in [0.2, 0.25) is 0 Å². The Morgan fingerprint density at radius 1 is 1.06 bits per heavy atom. The van der Waals surface area contributed by atoms with Crippen LogP contribution in [0.5, 0.6) is 11.5 Å². The summed E-state index contributed by atoms with van der Waals surface area (Å²) in [5, 5.41) is 0.353. The molecule has 0 saturated heterocycles. The zero-order valence-corrected chi connectivity index (χ0v) is 18.7. The lowest BCUT2D eigenvalue weighted by atomic mass is 9.71. The Morgan fingerprint density at radius 3 is 2.23 bits per heavy atom. The van der Waals surface area contributed by atoms with Crippen molar-refractivity contribution in [2.45, 2.75) is 51.4 Å². The Morgan fingerprint density at radius 2 is 1.68 bits per heavy atom. The minimum Gasteiger partial charge on any atom is -0.490 e. The number of Topliss-reactive ketones (excluding diaryl/α,β-unsaturated/α-hetero) is 2. The van der Waals surface area contributed by atoms with Gasteiger partial charge in [-0.05, 0) is 50.3 Å². The highest BCUT2D eigenvalue weighted by Gasteiger charge is 2.42. The molecular weight excluding hydrogens is 414 g/mol. The topological polar surface area (TPSA) is 55.8 Å². The van der Waals surface area contributed by atoms with E-state index in [-0.39, 0.29) is 18.2 Å². The summed E-state index contributed by atoms with van der Waals surface area (Å²) in [5.74, 6) is 3.06. The molecule has 4 rings (SSSR count). The molecule has 3 aliphatic rings. The van der Waals surface area contributed by atoms with Gasteiger partial charge in [0.15, 0.2) is 23.1 Å². The van der Waals surface area contributed by atoms with Crippen LogP contribution in [0.25, 0.3) is 0 Å². The van der Waals surface area contributed by atoms with Gasteiger partial charge >= 0.3 is 0 Å². The largest absolute Gasteiger partial charge is 0.490 e. The summed E-state index contributed by atoms with van der Waals surface area (Å²) in [6.45, 7) is 2.35. The molecule has 1 aliphatic heterocycles. The summed E-state index contributed by atoms with van der Waals surface area (Å²) in [7, 11) is 1.98. The highest BCUT2D eigenvalue weighted by Crippen LogP contribution is 2.50. The fourth-order valence-electron chi connectivity index (χ4n) is 4.96. The number of allylic oxidation sites excluding steroid dienone is 4. The van der Waals surface area contributed by atoms with E-state index in [2.05, 4.69) is 10.8 Å². The fraction of sp³-hybridized carbons (Fsp3) is 0.440. The molecule has 162 valence electrons. The normalized spacial score (nSPS) is 19.2. The van der Waals surface area contributed by atoms with Crippen molar-refractivity contribution >= 4 is 23.2 Å². The van der Waals surface area contributed by atoms with Crippen molar-refractivity contribution in [3.05, 3.63) is 45.3 Å². The molecular formula is C25H26ClNO4. The van der Waals surface area contributed by atoms with E-state index in [9.17, 15) is 9.59 Å². The van der Waals surface area contributed by atoms with E-state index in [1.807, 2.05) is 20.0 Å². The molecule has 0 N–H and O–H groups in total. The first-order valence-corrected chi connectivity index (χ1v) is 11.1. The maximum Gasteiger partial charge on any atom is 0.181 e. The number of carbonyl (C=O) groups excluding carboxylic acids is 2. The van der Waals surface area contributed by atoms with Crippen LogP contribution < -0.4 is 9.47 Å². The van der Waals surface area contributed by atoms with Gasteiger partial charge < -0.3 is 14.4 Å². The summed E-state index contributed by atoms with van der Waals surface area (Å²) in [5.41, 5.74) is 4.27. The quantitative estimate of drug-likeness (QED) is 0.617. The molecule has 2 aliphatic carbocycles. The summed E-state index contributed by atoms with van der Waals surface area (Å²) in [6, 6.07) is 3.63. The first kappa shape index (κ1) is 21.5. The molecule has 0 amide bonds. The number of carbonyl (C=O) groups is 2. The lowest BCUT2D eigenvalue weighted by molar-refractivity contribution is -0.117. The maximum atomic E-state index is 13.1. The minimum absolute atomic E-state index is 0.0644. The number of halogens is 1. The molecule has 0 fully saturated rings. The number of nitrogens with zero attached hydrogens (tertiary/aromatic N) is 1. The van der Waals surface area contributed by atoms with Crippen molar-refractivity contribution in [2.24, 2.45) is 0 Å². The van der Waals surface area contributed by atoms with E-state index in [0.717, 1.165) is 53.8 Å². The SMILES string of the molecule is C#CCOc1c(Cl)cc(C2C3=C(CCCC3=O)N(C)C3=C2C(=O)CCC3)cc1OCC. The molecule has 0 saturated carbocycles. The molecule has 0 radical (unpaired) electrons. The number of hydrogen-bond donors (Lipinski definition) is 0. The summed E-state index contributed by atoms with van der Waals surface area (Å²) in [4.78, 5) is 28.3. The van der Waals surface area contributed by atoms with Gasteiger partial charge in [-0.15, -0.1) is 6.42 Å². The van der Waals surface area contributed by atoms with Crippen molar-refractivity contribution < 1.29 is 19.1 Å². The van der Waals surface area contributed by atoms with Gasteiger partial charge in [-0.2, -0.15) is 0 Å². The second-order valence-electron chi connectivity index (χ2n) is 8.02. The van der Waals surface area contributed by atoms with Gasteiger partial charge in [0.25, 0.3) is 0 Å². The lowest BCUT2D eigenvalue weighted by Gasteiger charge is -2.42. The number of ketones is 2. The van der Waals surface area contributed by atoms with Crippen LogP contribution in [0.3, 0.4) is 0 Å². The predicted molar refractivity (Wildman–Crippen MR) is 119 cm³/mol. The monoisotopic (exact) mass is 439 g/mol.